The Morgan fingerprint density at radius 1 is 1.02 bits per heavy atom. The molecule has 3 aromatic carbocycles. The lowest BCUT2D eigenvalue weighted by molar-refractivity contribution is -0.274. The molecule has 14 heteroatoms. The number of hydrogen-bond donors (Lipinski definition) is 1. The van der Waals surface area contributed by atoms with Crippen molar-refractivity contribution in [3.05, 3.63) is 78.1 Å². The van der Waals surface area contributed by atoms with Crippen molar-refractivity contribution >= 4 is 40.2 Å². The van der Waals surface area contributed by atoms with Gasteiger partial charge < -0.3 is 14.8 Å². The van der Waals surface area contributed by atoms with Gasteiger partial charge in [0.25, 0.3) is 0 Å². The van der Waals surface area contributed by atoms with Gasteiger partial charge in [0, 0.05) is 11.3 Å². The van der Waals surface area contributed by atoms with Crippen LogP contribution >= 0.6 is 11.8 Å². The van der Waals surface area contributed by atoms with Gasteiger partial charge in [-0.1, -0.05) is 11.8 Å². The number of hydrogen-bond acceptors (Lipinski definition) is 7. The predicted molar refractivity (Wildman–Crippen MR) is 152 cm³/mol. The van der Waals surface area contributed by atoms with Gasteiger partial charge in [0.15, 0.2) is 11.0 Å². The largest absolute Gasteiger partial charge is 0.573 e. The molecule has 42 heavy (non-hydrogen) atoms. The molecule has 1 N–H and O–H groups in total. The second kappa shape index (κ2) is 11.6. The van der Waals surface area contributed by atoms with Gasteiger partial charge in [0.2, 0.25) is 5.91 Å². The molecule has 10 nitrogen and oxygen atoms in total. The standard InChI is InChI=1S/C28H23F3N6O4S/c1-16-12-22(40-3)13-17(2)24(16)37-23(38)14-42-27(37)34-26(39)33-19-6-4-18(5-7-19)25-32-15-36(35-25)20-8-10-21(11-9-20)41-28(29,30)31/h4-13,15H,14H2,1-3H3,(H,33,39). The lowest BCUT2D eigenvalue weighted by Gasteiger charge is -2.21. The maximum atomic E-state index is 12.8. The van der Waals surface area contributed by atoms with Gasteiger partial charge in [-0.25, -0.2) is 14.5 Å². The molecule has 0 spiro atoms. The highest BCUT2D eigenvalue weighted by atomic mass is 32.2. The number of aliphatic imine (C=N–C) groups is 1. The SMILES string of the molecule is COc1cc(C)c(N2C(=O)CSC2=NC(=O)Nc2ccc(-c3ncn(-c4ccc(OC(F)(F)F)cc4)n3)cc2)c(C)c1. The van der Waals surface area contributed by atoms with Crippen LogP contribution in [0.15, 0.2) is 72.0 Å². The van der Waals surface area contributed by atoms with Crippen LogP contribution in [-0.2, 0) is 4.79 Å². The van der Waals surface area contributed by atoms with Gasteiger partial charge in [-0.3, -0.25) is 9.69 Å². The third kappa shape index (κ3) is 6.38. The number of benzene rings is 3. The van der Waals surface area contributed by atoms with Crippen LogP contribution in [0.2, 0.25) is 0 Å². The average molecular weight is 597 g/mol. The summed E-state index contributed by atoms with van der Waals surface area (Å²) in [5.74, 6) is 0.682. The second-order valence-corrected chi connectivity index (χ2v) is 10.0. The topological polar surface area (TPSA) is 111 Å². The Balaban J connectivity index is 1.27. The Kier molecular flexibility index (Phi) is 7.89. The zero-order valence-corrected chi connectivity index (χ0v) is 23.3. The van der Waals surface area contributed by atoms with E-state index < -0.39 is 12.4 Å². The lowest BCUT2D eigenvalue weighted by Crippen LogP contribution is -2.31. The zero-order chi connectivity index (χ0) is 30.0. The van der Waals surface area contributed by atoms with Crippen molar-refractivity contribution in [2.45, 2.75) is 20.2 Å². The first-order valence-electron chi connectivity index (χ1n) is 12.4. The summed E-state index contributed by atoms with van der Waals surface area (Å²) in [6, 6.07) is 14.9. The molecule has 1 fully saturated rings. The minimum Gasteiger partial charge on any atom is -0.497 e. The van der Waals surface area contributed by atoms with Crippen molar-refractivity contribution in [2.75, 3.05) is 23.1 Å². The molecule has 1 aliphatic heterocycles. The molecule has 0 aliphatic carbocycles. The number of rotatable bonds is 6. The van der Waals surface area contributed by atoms with Crippen LogP contribution in [0, 0.1) is 13.8 Å². The molecule has 1 aliphatic rings. The number of anilines is 2. The van der Waals surface area contributed by atoms with Crippen LogP contribution in [0.4, 0.5) is 29.3 Å². The maximum absolute atomic E-state index is 12.8. The monoisotopic (exact) mass is 596 g/mol. The molecule has 0 radical (unpaired) electrons. The summed E-state index contributed by atoms with van der Waals surface area (Å²) >= 11 is 1.18. The van der Waals surface area contributed by atoms with Crippen molar-refractivity contribution in [3.63, 3.8) is 0 Å². The van der Waals surface area contributed by atoms with E-state index in [1.54, 1.807) is 31.4 Å². The highest BCUT2D eigenvalue weighted by molar-refractivity contribution is 8.15. The maximum Gasteiger partial charge on any atom is 0.573 e. The number of nitrogens with one attached hydrogen (secondary N) is 1. The van der Waals surface area contributed by atoms with Crippen molar-refractivity contribution in [1.29, 1.82) is 0 Å². The van der Waals surface area contributed by atoms with Crippen LogP contribution in [0.3, 0.4) is 0 Å². The minimum atomic E-state index is -4.77. The number of methoxy groups -OCH3 is 1. The molecule has 0 unspecified atom stereocenters. The molecule has 0 saturated carbocycles. The third-order valence-corrected chi connectivity index (χ3v) is 7.03. The fourth-order valence-electron chi connectivity index (χ4n) is 4.31. The summed E-state index contributed by atoms with van der Waals surface area (Å²) in [6.07, 6.45) is -3.34. The average Bonchev–Trinajstić information content (AvgIpc) is 3.56. The van der Waals surface area contributed by atoms with Gasteiger partial charge in [-0.05, 0) is 85.6 Å². The van der Waals surface area contributed by atoms with Crippen molar-refractivity contribution in [1.82, 2.24) is 14.8 Å². The number of aromatic nitrogens is 3. The van der Waals surface area contributed by atoms with E-state index in [1.807, 2.05) is 26.0 Å². The number of amides is 3. The fourth-order valence-corrected chi connectivity index (χ4v) is 5.16. The number of thioether (sulfide) groups is 1. The number of alkyl halides is 3. The van der Waals surface area contributed by atoms with Crippen molar-refractivity contribution in [3.8, 4) is 28.6 Å². The number of urea groups is 1. The molecule has 0 bridgehead atoms. The van der Waals surface area contributed by atoms with Crippen LogP contribution in [-0.4, -0.2) is 51.1 Å². The number of carbonyl (C=O) groups excluding carboxylic acids is 2. The molecule has 1 aromatic heterocycles. The molecule has 0 atom stereocenters. The predicted octanol–water partition coefficient (Wildman–Crippen LogP) is 6.13. The van der Waals surface area contributed by atoms with Crippen LogP contribution in [0.1, 0.15) is 11.1 Å². The Morgan fingerprint density at radius 3 is 2.31 bits per heavy atom. The molecule has 4 aromatic rings. The first kappa shape index (κ1) is 28.7. The second-order valence-electron chi connectivity index (χ2n) is 9.08. The Hall–Kier alpha value is -4.85. The normalized spacial score (nSPS) is 14.4. The van der Waals surface area contributed by atoms with E-state index in [9.17, 15) is 22.8 Å². The van der Waals surface area contributed by atoms with Crippen LogP contribution in [0.25, 0.3) is 17.1 Å². The molecule has 1 saturated heterocycles. The number of carbonyl (C=O) groups is 2. The molecule has 5 rings (SSSR count). The van der Waals surface area contributed by atoms with Gasteiger partial charge in [0.1, 0.15) is 17.8 Å². The van der Waals surface area contributed by atoms with Crippen molar-refractivity contribution in [2.24, 2.45) is 4.99 Å². The molecular formula is C28H23F3N6O4S. The van der Waals surface area contributed by atoms with Gasteiger partial charge in [-0.2, -0.15) is 4.99 Å². The van der Waals surface area contributed by atoms with Gasteiger partial charge in [-0.15, -0.1) is 18.3 Å². The van der Waals surface area contributed by atoms with E-state index >= 15 is 0 Å². The van der Waals surface area contributed by atoms with Gasteiger partial charge >= 0.3 is 12.4 Å². The fraction of sp³-hybridized carbons (Fsp3) is 0.179. The number of aryl methyl sites for hydroxylation is 2. The third-order valence-electron chi connectivity index (χ3n) is 6.11. The van der Waals surface area contributed by atoms with Gasteiger partial charge in [0.05, 0.1) is 24.2 Å². The summed E-state index contributed by atoms with van der Waals surface area (Å²) in [6.45, 7) is 3.73. The zero-order valence-electron chi connectivity index (χ0n) is 22.5. The number of amidine groups is 1. The van der Waals surface area contributed by atoms with E-state index in [0.717, 1.165) is 11.1 Å². The smallest absolute Gasteiger partial charge is 0.497 e. The summed E-state index contributed by atoms with van der Waals surface area (Å²) in [5.41, 5.74) is 3.89. The molecule has 3 amide bonds. The van der Waals surface area contributed by atoms with E-state index in [-0.39, 0.29) is 22.6 Å². The number of halogens is 3. The summed E-state index contributed by atoms with van der Waals surface area (Å²) < 4.78 is 47.8. The molecular weight excluding hydrogens is 573 g/mol. The van der Waals surface area contributed by atoms with E-state index in [0.29, 0.717) is 34.2 Å². The Morgan fingerprint density at radius 2 is 1.69 bits per heavy atom. The van der Waals surface area contributed by atoms with E-state index in [1.165, 1.54) is 51.9 Å². The van der Waals surface area contributed by atoms with E-state index in [2.05, 4.69) is 25.1 Å². The summed E-state index contributed by atoms with van der Waals surface area (Å²) in [5, 5.41) is 7.34. The highest BCUT2D eigenvalue weighted by Crippen LogP contribution is 2.35. The summed E-state index contributed by atoms with van der Waals surface area (Å²) in [4.78, 5) is 35.3. The highest BCUT2D eigenvalue weighted by Gasteiger charge is 2.33. The van der Waals surface area contributed by atoms with E-state index in [4.69, 9.17) is 4.74 Å². The summed E-state index contributed by atoms with van der Waals surface area (Å²) in [7, 11) is 1.57. The van der Waals surface area contributed by atoms with Crippen molar-refractivity contribution < 1.29 is 32.2 Å². The van der Waals surface area contributed by atoms with Crippen LogP contribution < -0.4 is 19.7 Å². The molecule has 2 heterocycles. The first-order valence-corrected chi connectivity index (χ1v) is 13.4. The first-order chi connectivity index (χ1) is 20.0. The minimum absolute atomic E-state index is 0.164. The molecule has 216 valence electrons. The Bertz CT molecular complexity index is 1650. The quantitative estimate of drug-likeness (QED) is 0.285. The lowest BCUT2D eigenvalue weighted by atomic mass is 10.1. The number of ether oxygens (including phenoxy) is 2. The Labute approximate surface area is 242 Å². The number of nitrogens with zero attached hydrogens (tertiary/aromatic N) is 5. The van der Waals surface area contributed by atoms with Crippen LogP contribution in [0.5, 0.6) is 11.5 Å².